The van der Waals surface area contributed by atoms with Crippen molar-refractivity contribution < 1.29 is 0 Å². The van der Waals surface area contributed by atoms with Crippen molar-refractivity contribution in [1.82, 2.24) is 15.4 Å². The maximum atomic E-state index is 11.1. The molecule has 5 heteroatoms. The minimum absolute atomic E-state index is 0.250. The van der Waals surface area contributed by atoms with Crippen LogP contribution >= 0.6 is 0 Å². The Morgan fingerprint density at radius 2 is 2.25 bits per heavy atom. The van der Waals surface area contributed by atoms with E-state index in [1.54, 1.807) is 18.2 Å². The van der Waals surface area contributed by atoms with Crippen molar-refractivity contribution >= 4 is 16.6 Å². The molecule has 60 valence electrons. The van der Waals surface area contributed by atoms with Gasteiger partial charge >= 0.3 is 0 Å². The molecule has 0 fully saturated rings. The fourth-order valence-corrected chi connectivity index (χ4v) is 1.01. The number of benzene rings is 1. The summed E-state index contributed by atoms with van der Waals surface area (Å²) in [7, 11) is 0. The summed E-state index contributed by atoms with van der Waals surface area (Å²) in [6.07, 6.45) is 0. The third kappa shape index (κ3) is 0.914. The van der Waals surface area contributed by atoms with Gasteiger partial charge in [0.2, 0.25) is 0 Å². The summed E-state index contributed by atoms with van der Waals surface area (Å²) in [6, 6.07) is 4.88. The van der Waals surface area contributed by atoms with Crippen LogP contribution in [0.2, 0.25) is 0 Å². The molecular weight excluding hydrogens is 156 g/mol. The number of hydrogen-bond acceptors (Lipinski definition) is 4. The van der Waals surface area contributed by atoms with Gasteiger partial charge in [-0.05, 0) is 18.2 Å². The van der Waals surface area contributed by atoms with E-state index in [9.17, 15) is 4.79 Å². The van der Waals surface area contributed by atoms with E-state index in [4.69, 9.17) is 5.73 Å². The van der Waals surface area contributed by atoms with Gasteiger partial charge in [-0.25, -0.2) is 5.10 Å². The largest absolute Gasteiger partial charge is 0.399 e. The summed E-state index contributed by atoms with van der Waals surface area (Å²) in [5.74, 6) is 0. The van der Waals surface area contributed by atoms with Gasteiger partial charge < -0.3 is 5.73 Å². The highest BCUT2D eigenvalue weighted by atomic mass is 16.1. The van der Waals surface area contributed by atoms with Crippen LogP contribution in [0.1, 0.15) is 0 Å². The van der Waals surface area contributed by atoms with Crippen molar-refractivity contribution in [2.45, 2.75) is 0 Å². The highest BCUT2D eigenvalue weighted by molar-refractivity contribution is 5.79. The molecule has 0 radical (unpaired) electrons. The van der Waals surface area contributed by atoms with Crippen LogP contribution in [0.3, 0.4) is 0 Å². The second kappa shape index (κ2) is 2.30. The van der Waals surface area contributed by atoms with E-state index < -0.39 is 0 Å². The average molecular weight is 162 g/mol. The van der Waals surface area contributed by atoms with Crippen LogP contribution in [-0.4, -0.2) is 15.4 Å². The molecule has 0 unspecified atom stereocenters. The topological polar surface area (TPSA) is 84.7 Å². The molecule has 2 rings (SSSR count). The highest BCUT2D eigenvalue weighted by Gasteiger charge is 1.98. The van der Waals surface area contributed by atoms with E-state index in [0.717, 1.165) is 0 Å². The number of rotatable bonds is 0. The van der Waals surface area contributed by atoms with E-state index >= 15 is 0 Å². The second-order valence-electron chi connectivity index (χ2n) is 2.42. The third-order valence-electron chi connectivity index (χ3n) is 1.58. The smallest absolute Gasteiger partial charge is 0.275 e. The minimum Gasteiger partial charge on any atom is -0.399 e. The van der Waals surface area contributed by atoms with Gasteiger partial charge in [-0.2, -0.15) is 0 Å². The molecule has 0 aliphatic rings. The molecule has 0 aliphatic carbocycles. The molecule has 3 N–H and O–H groups in total. The first-order chi connectivity index (χ1) is 5.77. The summed E-state index contributed by atoms with van der Waals surface area (Å²) < 4.78 is 0. The number of fused-ring (bicyclic) bond motifs is 1. The summed E-state index contributed by atoms with van der Waals surface area (Å²) in [5, 5.41) is 9.86. The average Bonchev–Trinajstić information content (AvgIpc) is 2.04. The van der Waals surface area contributed by atoms with Crippen LogP contribution in [-0.2, 0) is 0 Å². The number of nitrogens with one attached hydrogen (secondary N) is 1. The number of anilines is 1. The van der Waals surface area contributed by atoms with Crippen LogP contribution < -0.4 is 11.3 Å². The van der Waals surface area contributed by atoms with E-state index in [0.29, 0.717) is 16.6 Å². The Morgan fingerprint density at radius 3 is 3.08 bits per heavy atom. The van der Waals surface area contributed by atoms with Gasteiger partial charge in [0.1, 0.15) is 5.52 Å². The first kappa shape index (κ1) is 6.78. The van der Waals surface area contributed by atoms with Crippen LogP contribution in [0.5, 0.6) is 0 Å². The Bertz CT molecular complexity index is 476. The molecule has 5 nitrogen and oxygen atoms in total. The van der Waals surface area contributed by atoms with Gasteiger partial charge in [-0.15, -0.1) is 5.10 Å². The summed E-state index contributed by atoms with van der Waals surface area (Å²) in [4.78, 5) is 11.1. The van der Waals surface area contributed by atoms with Gasteiger partial charge in [0.15, 0.2) is 0 Å². The lowest BCUT2D eigenvalue weighted by molar-refractivity contribution is 0.872. The molecule has 0 amide bonds. The molecule has 0 aliphatic heterocycles. The predicted molar refractivity (Wildman–Crippen MR) is 44.6 cm³/mol. The predicted octanol–water partition coefficient (Wildman–Crippen LogP) is -0.0997. The molecular formula is C7H6N4O. The van der Waals surface area contributed by atoms with E-state index in [1.165, 1.54) is 0 Å². The van der Waals surface area contributed by atoms with E-state index in [-0.39, 0.29) is 5.56 Å². The maximum absolute atomic E-state index is 11.1. The molecule has 0 atom stereocenters. The Morgan fingerprint density at radius 1 is 1.42 bits per heavy atom. The molecule has 1 aromatic carbocycles. The monoisotopic (exact) mass is 162 g/mol. The maximum Gasteiger partial charge on any atom is 0.275 e. The lowest BCUT2D eigenvalue weighted by Crippen LogP contribution is -2.09. The molecule has 2 aromatic rings. The van der Waals surface area contributed by atoms with E-state index in [2.05, 4.69) is 15.4 Å². The molecule has 0 spiro atoms. The van der Waals surface area contributed by atoms with Crippen molar-refractivity contribution in [1.29, 1.82) is 0 Å². The summed E-state index contributed by atoms with van der Waals surface area (Å²) >= 11 is 0. The molecule has 1 heterocycles. The van der Waals surface area contributed by atoms with Crippen LogP contribution in [0.15, 0.2) is 23.0 Å². The number of nitrogens with two attached hydrogens (primary N) is 1. The zero-order chi connectivity index (χ0) is 8.55. The SMILES string of the molecule is Nc1ccc2c(=O)[nH]nnc2c1. The van der Waals surface area contributed by atoms with Crippen molar-refractivity contribution in [3.8, 4) is 0 Å². The highest BCUT2D eigenvalue weighted by Crippen LogP contribution is 2.09. The van der Waals surface area contributed by atoms with Crippen molar-refractivity contribution in [2.24, 2.45) is 0 Å². The zero-order valence-corrected chi connectivity index (χ0v) is 6.11. The Hall–Kier alpha value is -1.91. The number of nitrogen functional groups attached to an aromatic ring is 1. The molecule has 0 bridgehead atoms. The summed E-state index contributed by atoms with van der Waals surface area (Å²) in [6.45, 7) is 0. The van der Waals surface area contributed by atoms with Gasteiger partial charge in [0, 0.05) is 5.69 Å². The lowest BCUT2D eigenvalue weighted by Gasteiger charge is -1.94. The number of nitrogens with zero attached hydrogens (tertiary/aromatic N) is 2. The molecule has 0 saturated heterocycles. The minimum atomic E-state index is -0.250. The number of H-pyrrole nitrogens is 1. The molecule has 0 saturated carbocycles. The first-order valence-electron chi connectivity index (χ1n) is 3.38. The zero-order valence-electron chi connectivity index (χ0n) is 6.11. The number of aromatic nitrogens is 3. The van der Waals surface area contributed by atoms with Gasteiger partial charge in [0.05, 0.1) is 5.39 Å². The van der Waals surface area contributed by atoms with Crippen molar-refractivity contribution in [3.05, 3.63) is 28.6 Å². The van der Waals surface area contributed by atoms with Gasteiger partial charge in [-0.3, -0.25) is 4.79 Å². The first-order valence-corrected chi connectivity index (χ1v) is 3.38. The Balaban J connectivity index is 2.96. The van der Waals surface area contributed by atoms with Crippen molar-refractivity contribution in [3.63, 3.8) is 0 Å². The van der Waals surface area contributed by atoms with Gasteiger partial charge in [-0.1, -0.05) is 5.21 Å². The fraction of sp³-hybridized carbons (Fsp3) is 0. The molecule has 12 heavy (non-hydrogen) atoms. The van der Waals surface area contributed by atoms with Gasteiger partial charge in [0.25, 0.3) is 5.56 Å². The standard InChI is InChI=1S/C7H6N4O/c8-4-1-2-5-6(3-4)9-11-10-7(5)12/h1-3H,8H2,(H,9,10,12). The number of hydrogen-bond donors (Lipinski definition) is 2. The lowest BCUT2D eigenvalue weighted by atomic mass is 10.2. The number of aromatic amines is 1. The summed E-state index contributed by atoms with van der Waals surface area (Å²) in [5.41, 5.74) is 6.33. The van der Waals surface area contributed by atoms with Crippen LogP contribution in [0.4, 0.5) is 5.69 Å². The Kier molecular flexibility index (Phi) is 1.30. The van der Waals surface area contributed by atoms with Crippen LogP contribution in [0, 0.1) is 0 Å². The quantitative estimate of drug-likeness (QED) is 0.530. The fourth-order valence-electron chi connectivity index (χ4n) is 1.01. The second-order valence-corrected chi connectivity index (χ2v) is 2.42. The molecule has 1 aromatic heterocycles. The normalized spacial score (nSPS) is 10.3. The van der Waals surface area contributed by atoms with E-state index in [1.807, 2.05) is 0 Å². The van der Waals surface area contributed by atoms with Crippen molar-refractivity contribution in [2.75, 3.05) is 5.73 Å². The van der Waals surface area contributed by atoms with Crippen LogP contribution in [0.25, 0.3) is 10.9 Å². The Labute approximate surface area is 67.2 Å². The third-order valence-corrected chi connectivity index (χ3v) is 1.58.